The minimum Gasteiger partial charge on any atom is -0.497 e. The van der Waals surface area contributed by atoms with E-state index < -0.39 is 0 Å². The summed E-state index contributed by atoms with van der Waals surface area (Å²) in [6.45, 7) is 1.67. The molecule has 0 saturated carbocycles. The van der Waals surface area contributed by atoms with Crippen LogP contribution in [0.2, 0.25) is 0 Å². The first-order valence-electron chi connectivity index (χ1n) is 5.83. The Bertz CT molecular complexity index is 464. The van der Waals surface area contributed by atoms with Gasteiger partial charge in [-0.15, -0.1) is 0 Å². The van der Waals surface area contributed by atoms with Gasteiger partial charge in [-0.25, -0.2) is 0 Å². The first-order chi connectivity index (χ1) is 8.22. The Hall–Kier alpha value is -1.55. The van der Waals surface area contributed by atoms with Gasteiger partial charge in [-0.2, -0.15) is 0 Å². The van der Waals surface area contributed by atoms with E-state index in [1.54, 1.807) is 13.2 Å². The Balaban J connectivity index is 1.99. The molecule has 90 valence electrons. The summed E-state index contributed by atoms with van der Waals surface area (Å²) in [5.41, 5.74) is 0.320. The molecule has 1 spiro atoms. The van der Waals surface area contributed by atoms with Crippen LogP contribution in [0.1, 0.15) is 23.2 Å². The lowest BCUT2D eigenvalue weighted by atomic mass is 9.89. The maximum atomic E-state index is 12.2. The summed E-state index contributed by atoms with van der Waals surface area (Å²) in [5, 5.41) is 3.25. The van der Waals surface area contributed by atoms with Crippen LogP contribution in [0.3, 0.4) is 0 Å². The molecule has 1 N–H and O–H groups in total. The van der Waals surface area contributed by atoms with Crippen LogP contribution >= 0.6 is 0 Å². The molecule has 2 heterocycles. The van der Waals surface area contributed by atoms with Crippen molar-refractivity contribution in [2.24, 2.45) is 0 Å². The average molecular weight is 233 g/mol. The fourth-order valence-corrected chi connectivity index (χ4v) is 2.56. The lowest BCUT2D eigenvalue weighted by Gasteiger charge is -2.34. The number of ether oxygens (including phenoxy) is 2. The minimum absolute atomic E-state index is 0.147. The van der Waals surface area contributed by atoms with Crippen molar-refractivity contribution in [2.45, 2.75) is 18.4 Å². The molecule has 1 saturated heterocycles. The van der Waals surface area contributed by atoms with Gasteiger partial charge in [0.2, 0.25) is 0 Å². The van der Waals surface area contributed by atoms with E-state index in [0.29, 0.717) is 23.5 Å². The van der Waals surface area contributed by atoms with Crippen molar-refractivity contribution in [3.63, 3.8) is 0 Å². The Morgan fingerprint density at radius 1 is 1.47 bits per heavy atom. The van der Waals surface area contributed by atoms with Crippen molar-refractivity contribution in [1.82, 2.24) is 5.32 Å². The highest BCUT2D eigenvalue weighted by atomic mass is 16.5. The van der Waals surface area contributed by atoms with Crippen LogP contribution in [-0.4, -0.2) is 31.6 Å². The molecule has 1 aromatic rings. The maximum absolute atomic E-state index is 12.2. The molecule has 0 aromatic heterocycles. The van der Waals surface area contributed by atoms with Gasteiger partial charge in [0.05, 0.1) is 19.1 Å². The molecule has 0 radical (unpaired) electrons. The highest BCUT2D eigenvalue weighted by Gasteiger charge is 2.42. The number of methoxy groups -OCH3 is 1. The number of hydrogen-bond acceptors (Lipinski definition) is 4. The second-order valence-electron chi connectivity index (χ2n) is 4.67. The number of carbonyl (C=O) groups excluding carboxylic acids is 1. The van der Waals surface area contributed by atoms with Crippen molar-refractivity contribution in [3.05, 3.63) is 23.8 Å². The number of fused-ring (bicyclic) bond motifs is 1. The van der Waals surface area contributed by atoms with Crippen molar-refractivity contribution in [2.75, 3.05) is 20.2 Å². The van der Waals surface area contributed by atoms with E-state index in [2.05, 4.69) is 5.32 Å². The number of nitrogens with one attached hydrogen (secondary N) is 1. The molecule has 0 aliphatic carbocycles. The third kappa shape index (κ3) is 1.69. The van der Waals surface area contributed by atoms with Crippen LogP contribution in [-0.2, 0) is 0 Å². The zero-order valence-electron chi connectivity index (χ0n) is 9.79. The third-order valence-electron chi connectivity index (χ3n) is 3.50. The molecule has 17 heavy (non-hydrogen) atoms. The number of carbonyl (C=O) groups is 1. The summed E-state index contributed by atoms with van der Waals surface area (Å²) >= 11 is 0. The fourth-order valence-electron chi connectivity index (χ4n) is 2.56. The quantitative estimate of drug-likeness (QED) is 0.796. The molecule has 1 atom stereocenters. The average Bonchev–Trinajstić information content (AvgIpc) is 2.77. The van der Waals surface area contributed by atoms with Gasteiger partial charge in [0.25, 0.3) is 0 Å². The standard InChI is InChI=1S/C13H15NO3/c1-16-9-2-3-12-10(6-9)11(15)7-13(17-12)4-5-14-8-13/h2-3,6,14H,4-5,7-8H2,1H3/t13-/m1/s1. The Labute approximate surface area is 99.9 Å². The highest BCUT2D eigenvalue weighted by molar-refractivity contribution is 6.00. The van der Waals surface area contributed by atoms with Gasteiger partial charge in [0, 0.05) is 13.0 Å². The second kappa shape index (κ2) is 3.74. The molecule has 0 amide bonds. The predicted molar refractivity (Wildman–Crippen MR) is 62.8 cm³/mol. The Morgan fingerprint density at radius 2 is 2.35 bits per heavy atom. The molecular weight excluding hydrogens is 218 g/mol. The van der Waals surface area contributed by atoms with Gasteiger partial charge in [-0.1, -0.05) is 0 Å². The lowest BCUT2D eigenvalue weighted by Crippen LogP contribution is -2.43. The maximum Gasteiger partial charge on any atom is 0.170 e. The first-order valence-corrected chi connectivity index (χ1v) is 5.83. The van der Waals surface area contributed by atoms with Gasteiger partial charge in [-0.05, 0) is 24.7 Å². The monoisotopic (exact) mass is 233 g/mol. The van der Waals surface area contributed by atoms with Gasteiger partial charge < -0.3 is 14.8 Å². The highest BCUT2D eigenvalue weighted by Crippen LogP contribution is 2.37. The fraction of sp³-hybridized carbons (Fsp3) is 0.462. The van der Waals surface area contributed by atoms with Gasteiger partial charge in [0.1, 0.15) is 17.1 Å². The summed E-state index contributed by atoms with van der Waals surface area (Å²) in [7, 11) is 1.60. The van der Waals surface area contributed by atoms with E-state index in [4.69, 9.17) is 9.47 Å². The van der Waals surface area contributed by atoms with Crippen LogP contribution in [0.4, 0.5) is 0 Å². The molecule has 2 aliphatic rings. The molecule has 4 nitrogen and oxygen atoms in total. The first kappa shape index (κ1) is 10.6. The van der Waals surface area contributed by atoms with Crippen LogP contribution < -0.4 is 14.8 Å². The van der Waals surface area contributed by atoms with E-state index in [-0.39, 0.29) is 11.4 Å². The summed E-state index contributed by atoms with van der Waals surface area (Å²) in [4.78, 5) is 12.2. The van der Waals surface area contributed by atoms with E-state index in [0.717, 1.165) is 19.5 Å². The van der Waals surface area contributed by atoms with E-state index in [1.165, 1.54) is 0 Å². The minimum atomic E-state index is -0.321. The number of hydrogen-bond donors (Lipinski definition) is 1. The zero-order chi connectivity index (χ0) is 11.9. The Morgan fingerprint density at radius 3 is 3.06 bits per heavy atom. The number of rotatable bonds is 1. The summed E-state index contributed by atoms with van der Waals surface area (Å²) < 4.78 is 11.1. The van der Waals surface area contributed by atoms with E-state index in [9.17, 15) is 4.79 Å². The zero-order valence-corrected chi connectivity index (χ0v) is 9.79. The third-order valence-corrected chi connectivity index (χ3v) is 3.50. The van der Waals surface area contributed by atoms with Crippen LogP contribution in [0.15, 0.2) is 18.2 Å². The molecule has 3 rings (SSSR count). The number of ketones is 1. The van der Waals surface area contributed by atoms with Crippen molar-refractivity contribution in [3.8, 4) is 11.5 Å². The second-order valence-corrected chi connectivity index (χ2v) is 4.67. The largest absolute Gasteiger partial charge is 0.497 e. The van der Waals surface area contributed by atoms with Crippen molar-refractivity contribution >= 4 is 5.78 Å². The van der Waals surface area contributed by atoms with Crippen LogP contribution in [0.5, 0.6) is 11.5 Å². The summed E-state index contributed by atoms with van der Waals surface area (Å²) in [5.74, 6) is 1.53. The predicted octanol–water partition coefficient (Wildman–Crippen LogP) is 1.39. The molecule has 0 unspecified atom stereocenters. The van der Waals surface area contributed by atoms with Crippen molar-refractivity contribution < 1.29 is 14.3 Å². The normalized spacial score (nSPS) is 26.8. The Kier molecular flexibility index (Phi) is 2.33. The van der Waals surface area contributed by atoms with Crippen LogP contribution in [0.25, 0.3) is 0 Å². The molecule has 1 fully saturated rings. The summed E-state index contributed by atoms with van der Waals surface area (Å²) in [6, 6.07) is 5.41. The molecule has 2 aliphatic heterocycles. The number of Topliss-reactive ketones (excluding diaryl/α,β-unsaturated/α-hetero) is 1. The van der Waals surface area contributed by atoms with E-state index >= 15 is 0 Å². The smallest absolute Gasteiger partial charge is 0.170 e. The molecule has 4 heteroatoms. The van der Waals surface area contributed by atoms with Crippen LogP contribution in [0, 0.1) is 0 Å². The summed E-state index contributed by atoms with van der Waals surface area (Å²) in [6.07, 6.45) is 1.35. The SMILES string of the molecule is COc1ccc2c(c1)C(=O)C[C@@]1(CCNC1)O2. The lowest BCUT2D eigenvalue weighted by molar-refractivity contribution is 0.0527. The van der Waals surface area contributed by atoms with Gasteiger partial charge in [0.15, 0.2) is 5.78 Å². The number of benzene rings is 1. The molecule has 1 aromatic carbocycles. The van der Waals surface area contributed by atoms with E-state index in [1.807, 2.05) is 12.1 Å². The van der Waals surface area contributed by atoms with Gasteiger partial charge in [-0.3, -0.25) is 4.79 Å². The topological polar surface area (TPSA) is 47.6 Å². The molecule has 0 bridgehead atoms. The molecular formula is C13H15NO3. The van der Waals surface area contributed by atoms with Crippen molar-refractivity contribution in [1.29, 1.82) is 0 Å². The van der Waals surface area contributed by atoms with Gasteiger partial charge >= 0.3 is 0 Å².